The molecule has 1 fully saturated rings. The molecule has 1 saturated carbocycles. The molecular formula is C16H21N5O2. The summed E-state index contributed by atoms with van der Waals surface area (Å²) in [7, 11) is 1.57. The Labute approximate surface area is 134 Å². The Morgan fingerprint density at radius 2 is 2.30 bits per heavy atom. The van der Waals surface area contributed by atoms with E-state index in [1.807, 2.05) is 16.9 Å². The lowest BCUT2D eigenvalue weighted by molar-refractivity contribution is 0.0958. The zero-order valence-electron chi connectivity index (χ0n) is 13.0. The number of pyridine rings is 1. The van der Waals surface area contributed by atoms with Crippen molar-refractivity contribution in [2.24, 2.45) is 5.92 Å². The van der Waals surface area contributed by atoms with Gasteiger partial charge in [-0.3, -0.25) is 14.5 Å². The van der Waals surface area contributed by atoms with Crippen LogP contribution in [-0.2, 0) is 6.54 Å². The normalized spacial score (nSPS) is 23.7. The van der Waals surface area contributed by atoms with Crippen LogP contribution in [0.25, 0.3) is 0 Å². The standard InChI is InChI=1S/C16H21N5O2/c1-17-16(23)14-9-12(3-5-18-14)20-13-7-11(8-15(13)22)10-21-6-2-4-19-21/h2-6,9,11,13,15,22H,7-8,10H2,1H3,(H,17,23)(H,18,20)/t11?,13-,15-/m1/s1. The molecule has 2 aromatic heterocycles. The molecule has 122 valence electrons. The van der Waals surface area contributed by atoms with Gasteiger partial charge in [-0.2, -0.15) is 5.10 Å². The van der Waals surface area contributed by atoms with Gasteiger partial charge in [0.05, 0.1) is 12.1 Å². The second-order valence-electron chi connectivity index (χ2n) is 5.89. The topological polar surface area (TPSA) is 92.1 Å². The lowest BCUT2D eigenvalue weighted by Crippen LogP contribution is -2.28. The summed E-state index contributed by atoms with van der Waals surface area (Å²) >= 11 is 0. The largest absolute Gasteiger partial charge is 0.391 e. The molecule has 23 heavy (non-hydrogen) atoms. The molecule has 3 rings (SSSR count). The number of hydrogen-bond donors (Lipinski definition) is 3. The highest BCUT2D eigenvalue weighted by molar-refractivity contribution is 5.92. The van der Waals surface area contributed by atoms with Gasteiger partial charge in [0.2, 0.25) is 0 Å². The highest BCUT2D eigenvalue weighted by atomic mass is 16.3. The smallest absolute Gasteiger partial charge is 0.269 e. The predicted octanol–water partition coefficient (Wildman–Crippen LogP) is 0.889. The van der Waals surface area contributed by atoms with Gasteiger partial charge in [0, 0.05) is 37.9 Å². The Bertz CT molecular complexity index is 658. The number of aromatic nitrogens is 3. The van der Waals surface area contributed by atoms with Gasteiger partial charge in [0.25, 0.3) is 5.91 Å². The van der Waals surface area contributed by atoms with Crippen LogP contribution in [0.3, 0.4) is 0 Å². The maximum absolute atomic E-state index is 11.6. The fraction of sp³-hybridized carbons (Fsp3) is 0.438. The fourth-order valence-corrected chi connectivity index (χ4v) is 3.08. The maximum Gasteiger partial charge on any atom is 0.269 e. The summed E-state index contributed by atoms with van der Waals surface area (Å²) in [6.07, 6.45) is 6.48. The van der Waals surface area contributed by atoms with Gasteiger partial charge in [-0.05, 0) is 37.0 Å². The average Bonchev–Trinajstić information content (AvgIpc) is 3.17. The van der Waals surface area contributed by atoms with E-state index in [9.17, 15) is 9.90 Å². The van der Waals surface area contributed by atoms with E-state index >= 15 is 0 Å². The van der Waals surface area contributed by atoms with E-state index in [-0.39, 0.29) is 11.9 Å². The van der Waals surface area contributed by atoms with Gasteiger partial charge < -0.3 is 15.7 Å². The lowest BCUT2D eigenvalue weighted by Gasteiger charge is -2.18. The minimum atomic E-state index is -0.410. The maximum atomic E-state index is 11.6. The van der Waals surface area contributed by atoms with Gasteiger partial charge in [-0.25, -0.2) is 0 Å². The molecule has 1 amide bonds. The quantitative estimate of drug-likeness (QED) is 0.762. The number of amides is 1. The summed E-state index contributed by atoms with van der Waals surface area (Å²) in [5.41, 5.74) is 1.15. The number of aliphatic hydroxyl groups excluding tert-OH is 1. The third-order valence-electron chi connectivity index (χ3n) is 4.20. The number of nitrogens with zero attached hydrogens (tertiary/aromatic N) is 3. The van der Waals surface area contributed by atoms with E-state index in [1.165, 1.54) is 0 Å². The molecule has 3 N–H and O–H groups in total. The number of carbonyl (C=O) groups excluding carboxylic acids is 1. The Morgan fingerprint density at radius 3 is 3.04 bits per heavy atom. The molecule has 7 nitrogen and oxygen atoms in total. The molecular weight excluding hydrogens is 294 g/mol. The van der Waals surface area contributed by atoms with Crippen molar-refractivity contribution in [3.8, 4) is 0 Å². The molecule has 0 saturated heterocycles. The van der Waals surface area contributed by atoms with Gasteiger partial charge >= 0.3 is 0 Å². The predicted molar refractivity (Wildman–Crippen MR) is 86.0 cm³/mol. The molecule has 2 aromatic rings. The number of anilines is 1. The Morgan fingerprint density at radius 1 is 1.43 bits per heavy atom. The highest BCUT2D eigenvalue weighted by Gasteiger charge is 2.33. The Kier molecular flexibility index (Phi) is 4.57. The van der Waals surface area contributed by atoms with Crippen molar-refractivity contribution in [1.29, 1.82) is 0 Å². The van der Waals surface area contributed by atoms with Crippen LogP contribution < -0.4 is 10.6 Å². The zero-order valence-corrected chi connectivity index (χ0v) is 13.0. The highest BCUT2D eigenvalue weighted by Crippen LogP contribution is 2.29. The SMILES string of the molecule is CNC(=O)c1cc(N[C@@H]2CC(Cn3cccn3)C[C@H]2O)ccn1. The van der Waals surface area contributed by atoms with Gasteiger partial charge in [0.1, 0.15) is 5.69 Å². The van der Waals surface area contributed by atoms with Crippen LogP contribution in [-0.4, -0.2) is 45.0 Å². The number of carbonyl (C=O) groups is 1. The van der Waals surface area contributed by atoms with Crippen molar-refractivity contribution < 1.29 is 9.90 Å². The van der Waals surface area contributed by atoms with Crippen LogP contribution in [0.2, 0.25) is 0 Å². The van der Waals surface area contributed by atoms with E-state index in [4.69, 9.17) is 0 Å². The van der Waals surface area contributed by atoms with E-state index in [1.54, 1.807) is 31.6 Å². The van der Waals surface area contributed by atoms with E-state index in [2.05, 4.69) is 20.7 Å². The van der Waals surface area contributed by atoms with E-state index in [0.717, 1.165) is 25.1 Å². The molecule has 0 spiro atoms. The molecule has 0 radical (unpaired) electrons. The Hall–Kier alpha value is -2.41. The van der Waals surface area contributed by atoms with Crippen LogP contribution in [0, 0.1) is 5.92 Å². The summed E-state index contributed by atoms with van der Waals surface area (Å²) in [4.78, 5) is 15.7. The van der Waals surface area contributed by atoms with Crippen LogP contribution in [0.15, 0.2) is 36.8 Å². The first-order valence-electron chi connectivity index (χ1n) is 7.76. The molecule has 7 heteroatoms. The summed E-state index contributed by atoms with van der Waals surface area (Å²) in [5.74, 6) is 0.153. The van der Waals surface area contributed by atoms with Crippen molar-refractivity contribution in [1.82, 2.24) is 20.1 Å². The minimum absolute atomic E-state index is 0.0319. The van der Waals surface area contributed by atoms with Crippen LogP contribution >= 0.6 is 0 Å². The van der Waals surface area contributed by atoms with Crippen molar-refractivity contribution >= 4 is 11.6 Å². The van der Waals surface area contributed by atoms with Gasteiger partial charge in [-0.1, -0.05) is 0 Å². The zero-order chi connectivity index (χ0) is 16.2. The molecule has 1 unspecified atom stereocenters. The number of aliphatic hydroxyl groups is 1. The van der Waals surface area contributed by atoms with Gasteiger partial charge in [-0.15, -0.1) is 0 Å². The van der Waals surface area contributed by atoms with E-state index < -0.39 is 6.10 Å². The van der Waals surface area contributed by atoms with Crippen LogP contribution in [0.4, 0.5) is 5.69 Å². The van der Waals surface area contributed by atoms with Crippen LogP contribution in [0.5, 0.6) is 0 Å². The third-order valence-corrected chi connectivity index (χ3v) is 4.20. The average molecular weight is 315 g/mol. The molecule has 0 aromatic carbocycles. The van der Waals surface area contributed by atoms with Crippen molar-refractivity contribution in [2.45, 2.75) is 31.5 Å². The third kappa shape index (κ3) is 3.68. The summed E-state index contributed by atoms with van der Waals surface area (Å²) in [6, 6.07) is 5.38. The van der Waals surface area contributed by atoms with Crippen LogP contribution in [0.1, 0.15) is 23.3 Å². The minimum Gasteiger partial charge on any atom is -0.391 e. The fourth-order valence-electron chi connectivity index (χ4n) is 3.08. The molecule has 1 aliphatic carbocycles. The number of rotatable bonds is 5. The number of nitrogens with one attached hydrogen (secondary N) is 2. The first kappa shape index (κ1) is 15.5. The molecule has 3 atom stereocenters. The molecule has 0 bridgehead atoms. The second-order valence-corrected chi connectivity index (χ2v) is 5.89. The Balaban J connectivity index is 1.62. The van der Waals surface area contributed by atoms with E-state index in [0.29, 0.717) is 11.6 Å². The summed E-state index contributed by atoms with van der Waals surface area (Å²) in [6.45, 7) is 0.808. The monoisotopic (exact) mass is 315 g/mol. The summed E-state index contributed by atoms with van der Waals surface area (Å²) < 4.78 is 1.90. The van der Waals surface area contributed by atoms with Crippen molar-refractivity contribution in [3.05, 3.63) is 42.5 Å². The first-order valence-corrected chi connectivity index (χ1v) is 7.76. The molecule has 1 aliphatic rings. The molecule has 0 aliphatic heterocycles. The van der Waals surface area contributed by atoms with Crippen molar-refractivity contribution in [3.63, 3.8) is 0 Å². The lowest BCUT2D eigenvalue weighted by atomic mass is 10.1. The summed E-state index contributed by atoms with van der Waals surface area (Å²) in [5, 5.41) is 20.4. The van der Waals surface area contributed by atoms with Crippen molar-refractivity contribution in [2.75, 3.05) is 12.4 Å². The molecule has 2 heterocycles. The van der Waals surface area contributed by atoms with Gasteiger partial charge in [0.15, 0.2) is 0 Å². The number of hydrogen-bond acceptors (Lipinski definition) is 5. The second kappa shape index (κ2) is 6.78. The first-order chi connectivity index (χ1) is 11.2.